The molecule has 0 saturated heterocycles. The van der Waals surface area contributed by atoms with Crippen molar-refractivity contribution in [2.75, 3.05) is 0 Å². The first-order chi connectivity index (χ1) is 20.2. The van der Waals surface area contributed by atoms with Crippen LogP contribution in [0.1, 0.15) is 78.4 Å². The summed E-state index contributed by atoms with van der Waals surface area (Å²) in [6.07, 6.45) is 7.89. The molecule has 0 saturated carbocycles. The summed E-state index contributed by atoms with van der Waals surface area (Å²) in [7, 11) is 12.3. The Bertz CT molecular complexity index is 2000. The molecule has 2 aromatic heterocycles. The van der Waals surface area contributed by atoms with E-state index < -0.39 is 0 Å². The molecule has 6 rings (SSSR count). The van der Waals surface area contributed by atoms with Crippen LogP contribution in [0.5, 0.6) is 0 Å². The van der Waals surface area contributed by atoms with Gasteiger partial charge in [0.2, 0.25) is 0 Å². The van der Waals surface area contributed by atoms with Crippen LogP contribution in [-0.2, 0) is 10.8 Å². The van der Waals surface area contributed by atoms with E-state index >= 15 is 0 Å². The van der Waals surface area contributed by atoms with Gasteiger partial charge >= 0.3 is 253 Å². The molecule has 0 N–H and O–H groups in total. The quantitative estimate of drug-likeness (QED) is 0.160. The molecular weight excluding hydrogens is 506 g/mol. The topological polar surface area (TPSA) is 9.86 Å². The Morgan fingerprint density at radius 3 is 1.40 bits per heavy atom. The van der Waals surface area contributed by atoms with Crippen LogP contribution in [0.3, 0.4) is 0 Å². The standard InChI is InChI=1S/C38H40B2N2/c1-7-18-37(4,5)27-12-16-35-31(21-27)29-19-25(10-14-33(29)41(35)23-39)26-11-15-34-30(20-26)32-22-28(38(6,8-2)9-3)13-17-36(32)42(34)24-40/h10-17,19-24H,7-9,18H2,1-6H3. The molecule has 6 aromatic rings. The third kappa shape index (κ3) is 4.34. The summed E-state index contributed by atoms with van der Waals surface area (Å²) >= 11 is 0. The number of benzene rings is 4. The van der Waals surface area contributed by atoms with Gasteiger partial charge in [-0.1, -0.05) is 0 Å². The van der Waals surface area contributed by atoms with Crippen molar-refractivity contribution in [2.45, 2.75) is 78.1 Å². The van der Waals surface area contributed by atoms with Gasteiger partial charge in [0, 0.05) is 0 Å². The molecule has 208 valence electrons. The number of hydrogen-bond donors (Lipinski definition) is 0. The van der Waals surface area contributed by atoms with Crippen LogP contribution in [0.2, 0.25) is 0 Å². The van der Waals surface area contributed by atoms with E-state index in [2.05, 4.69) is 123 Å². The Hall–Kier alpha value is -3.65. The molecule has 2 heterocycles. The van der Waals surface area contributed by atoms with Crippen LogP contribution in [0.15, 0.2) is 72.8 Å². The summed E-state index contributed by atoms with van der Waals surface area (Å²) < 4.78 is 4.22. The molecule has 0 atom stereocenters. The van der Waals surface area contributed by atoms with Gasteiger partial charge in [-0.05, 0) is 0 Å². The van der Waals surface area contributed by atoms with Crippen molar-refractivity contribution in [1.29, 1.82) is 0 Å². The summed E-state index contributed by atoms with van der Waals surface area (Å²) in [6, 6.07) is 27.3. The van der Waals surface area contributed by atoms with Crippen molar-refractivity contribution < 1.29 is 0 Å². The molecule has 0 aliphatic heterocycles. The molecule has 2 nitrogen and oxygen atoms in total. The average molecular weight is 546 g/mol. The molecule has 0 bridgehead atoms. The van der Waals surface area contributed by atoms with Gasteiger partial charge in [-0.2, -0.15) is 0 Å². The number of fused-ring (bicyclic) bond motifs is 6. The van der Waals surface area contributed by atoms with Crippen LogP contribution in [0, 0.1) is 0 Å². The van der Waals surface area contributed by atoms with Gasteiger partial charge in [-0.3, -0.25) is 0 Å². The second kappa shape index (κ2) is 10.6. The van der Waals surface area contributed by atoms with Gasteiger partial charge in [-0.25, -0.2) is 0 Å². The Balaban J connectivity index is 1.57. The predicted octanol–water partition coefficient (Wildman–Crippen LogP) is 9.28. The summed E-state index contributed by atoms with van der Waals surface area (Å²) in [5.74, 6) is 0. The summed E-state index contributed by atoms with van der Waals surface area (Å²) in [6.45, 7) is 13.9. The van der Waals surface area contributed by atoms with E-state index in [1.165, 1.54) is 43.8 Å². The van der Waals surface area contributed by atoms with Gasteiger partial charge < -0.3 is 0 Å². The third-order valence-electron chi connectivity index (χ3n) is 10.2. The van der Waals surface area contributed by atoms with Crippen molar-refractivity contribution in [3.8, 4) is 11.1 Å². The molecule has 4 heteroatoms. The SMILES string of the molecule is [B]=Cn1c2ccc(-c3ccc4c(c3)c3cc(C(C)(CC)CC)ccc3n4C=[B])cc2c2cc(C(C)(C)CCC)ccc21. The normalized spacial score (nSPS) is 12.6. The van der Waals surface area contributed by atoms with Crippen LogP contribution < -0.4 is 0 Å². The Morgan fingerprint density at radius 2 is 0.976 bits per heavy atom. The van der Waals surface area contributed by atoms with E-state index in [1.54, 1.807) is 12.2 Å². The van der Waals surface area contributed by atoms with Crippen LogP contribution >= 0.6 is 0 Å². The van der Waals surface area contributed by atoms with Crippen LogP contribution in [0.4, 0.5) is 0 Å². The van der Waals surface area contributed by atoms with Crippen LogP contribution in [-0.4, -0.2) is 36.3 Å². The second-order valence-corrected chi connectivity index (χ2v) is 12.9. The van der Waals surface area contributed by atoms with E-state index in [0.717, 1.165) is 47.8 Å². The molecule has 4 aromatic carbocycles. The molecule has 0 spiro atoms. The van der Waals surface area contributed by atoms with Crippen molar-refractivity contribution in [3.05, 3.63) is 83.9 Å². The van der Waals surface area contributed by atoms with Gasteiger partial charge in [0.25, 0.3) is 0 Å². The fraction of sp³-hybridized carbons (Fsp3) is 0.316. The second-order valence-electron chi connectivity index (χ2n) is 12.9. The maximum atomic E-state index is 6.17. The number of rotatable bonds is 9. The number of hydrogen-bond acceptors (Lipinski definition) is 0. The van der Waals surface area contributed by atoms with Gasteiger partial charge in [0.05, 0.1) is 0 Å². The van der Waals surface area contributed by atoms with E-state index in [9.17, 15) is 0 Å². The van der Waals surface area contributed by atoms with Gasteiger partial charge in [-0.15, -0.1) is 0 Å². The minimum atomic E-state index is 0.116. The van der Waals surface area contributed by atoms with Crippen molar-refractivity contribution in [1.82, 2.24) is 9.13 Å². The molecular formula is C38H40B2N2. The zero-order valence-corrected chi connectivity index (χ0v) is 26.0. The summed E-state index contributed by atoms with van der Waals surface area (Å²) in [5, 5.41) is 4.94. The molecule has 0 fully saturated rings. The molecule has 2 radical (unpaired) electrons. The Labute approximate surface area is 252 Å². The molecule has 0 amide bonds. The van der Waals surface area contributed by atoms with Gasteiger partial charge in [0.1, 0.15) is 0 Å². The molecule has 0 aliphatic carbocycles. The van der Waals surface area contributed by atoms with Crippen molar-refractivity contribution >= 4 is 70.8 Å². The minimum absolute atomic E-state index is 0.116. The van der Waals surface area contributed by atoms with Crippen molar-refractivity contribution in [2.24, 2.45) is 0 Å². The Morgan fingerprint density at radius 1 is 0.571 bits per heavy atom. The number of nitrogens with zero attached hydrogens (tertiary/aromatic N) is 2. The fourth-order valence-electron chi connectivity index (χ4n) is 7.01. The first kappa shape index (κ1) is 28.5. The maximum absolute atomic E-state index is 6.17. The summed E-state index contributed by atoms with van der Waals surface area (Å²) in [5.41, 5.74) is 9.94. The average Bonchev–Trinajstić information content (AvgIpc) is 3.50. The zero-order chi connectivity index (χ0) is 29.8. The van der Waals surface area contributed by atoms with E-state index in [-0.39, 0.29) is 10.8 Å². The first-order valence-electron chi connectivity index (χ1n) is 15.5. The fourth-order valence-corrected chi connectivity index (χ4v) is 7.01. The summed E-state index contributed by atoms with van der Waals surface area (Å²) in [4.78, 5) is 0. The molecule has 0 aliphatic rings. The van der Waals surface area contributed by atoms with Crippen molar-refractivity contribution in [3.63, 3.8) is 0 Å². The zero-order valence-electron chi connectivity index (χ0n) is 26.0. The van der Waals surface area contributed by atoms with Gasteiger partial charge in [0.15, 0.2) is 0 Å². The van der Waals surface area contributed by atoms with E-state index in [0.29, 0.717) is 0 Å². The molecule has 42 heavy (non-hydrogen) atoms. The Kier molecular flexibility index (Phi) is 7.16. The van der Waals surface area contributed by atoms with Crippen LogP contribution in [0.25, 0.3) is 54.7 Å². The molecule has 0 unspecified atom stereocenters. The van der Waals surface area contributed by atoms with E-state index in [4.69, 9.17) is 15.0 Å². The monoisotopic (exact) mass is 546 g/mol. The number of aromatic nitrogens is 2. The third-order valence-corrected chi connectivity index (χ3v) is 10.2. The van der Waals surface area contributed by atoms with E-state index in [1.807, 2.05) is 0 Å². The predicted molar refractivity (Wildman–Crippen MR) is 188 cm³/mol. The first-order valence-corrected chi connectivity index (χ1v) is 15.5.